The molecule has 0 amide bonds. The smallest absolute Gasteiger partial charge is 0.0410 e. The normalized spacial score (nSPS) is 15.4. The molecule has 0 aliphatic rings. The standard InChI is InChI=1S/C15H25BrN2/c1-6-15(5,11-18-14(2,3)4)8-12-7-13(16)10-17-9-12/h7,9-10,18H,6,8,11H2,1-5H3. The molecule has 1 aromatic rings. The molecule has 1 rings (SSSR count). The Morgan fingerprint density at radius 3 is 2.39 bits per heavy atom. The molecular formula is C15H25BrN2. The van der Waals surface area contributed by atoms with E-state index in [0.717, 1.165) is 23.9 Å². The van der Waals surface area contributed by atoms with Gasteiger partial charge in [0.2, 0.25) is 0 Å². The summed E-state index contributed by atoms with van der Waals surface area (Å²) in [6.07, 6.45) is 6.01. The second kappa shape index (κ2) is 6.16. The summed E-state index contributed by atoms with van der Waals surface area (Å²) in [5.41, 5.74) is 1.74. The van der Waals surface area contributed by atoms with Crippen LogP contribution in [0.2, 0.25) is 0 Å². The second-order valence-corrected chi connectivity index (χ2v) is 7.37. The summed E-state index contributed by atoms with van der Waals surface area (Å²) in [4.78, 5) is 4.24. The number of pyridine rings is 1. The molecule has 1 aromatic heterocycles. The molecule has 102 valence electrons. The Bertz CT molecular complexity index is 384. The lowest BCUT2D eigenvalue weighted by Crippen LogP contribution is -2.43. The van der Waals surface area contributed by atoms with Crippen LogP contribution in [0.3, 0.4) is 0 Å². The summed E-state index contributed by atoms with van der Waals surface area (Å²) in [5, 5.41) is 3.62. The van der Waals surface area contributed by atoms with Crippen LogP contribution in [0, 0.1) is 5.41 Å². The molecule has 2 nitrogen and oxygen atoms in total. The van der Waals surface area contributed by atoms with Crippen molar-refractivity contribution in [1.29, 1.82) is 0 Å². The fourth-order valence-corrected chi connectivity index (χ4v) is 2.25. The minimum Gasteiger partial charge on any atom is -0.312 e. The van der Waals surface area contributed by atoms with Crippen molar-refractivity contribution in [3.8, 4) is 0 Å². The highest BCUT2D eigenvalue weighted by molar-refractivity contribution is 9.10. The average Bonchev–Trinajstić information content (AvgIpc) is 2.26. The summed E-state index contributed by atoms with van der Waals surface area (Å²) in [5.74, 6) is 0. The molecule has 0 bridgehead atoms. The molecule has 18 heavy (non-hydrogen) atoms. The minimum absolute atomic E-state index is 0.173. The maximum Gasteiger partial charge on any atom is 0.0410 e. The van der Waals surface area contributed by atoms with E-state index in [0.29, 0.717) is 0 Å². The van der Waals surface area contributed by atoms with Crippen LogP contribution in [0.15, 0.2) is 22.9 Å². The van der Waals surface area contributed by atoms with E-state index >= 15 is 0 Å². The van der Waals surface area contributed by atoms with Crippen LogP contribution in [-0.2, 0) is 6.42 Å². The zero-order valence-corrected chi connectivity index (χ0v) is 13.8. The molecule has 3 heteroatoms. The number of nitrogens with zero attached hydrogens (tertiary/aromatic N) is 1. The molecule has 1 N–H and O–H groups in total. The van der Waals surface area contributed by atoms with Gasteiger partial charge in [-0.3, -0.25) is 4.98 Å². The van der Waals surface area contributed by atoms with Gasteiger partial charge in [-0.05, 0) is 66.6 Å². The Kier molecular flexibility index (Phi) is 5.35. The van der Waals surface area contributed by atoms with E-state index in [9.17, 15) is 0 Å². The van der Waals surface area contributed by atoms with Gasteiger partial charge in [-0.25, -0.2) is 0 Å². The Morgan fingerprint density at radius 1 is 1.22 bits per heavy atom. The monoisotopic (exact) mass is 312 g/mol. The molecule has 0 saturated heterocycles. The third-order valence-electron chi connectivity index (χ3n) is 3.29. The Hall–Kier alpha value is -0.410. The van der Waals surface area contributed by atoms with Gasteiger partial charge in [0.15, 0.2) is 0 Å². The third-order valence-corrected chi connectivity index (χ3v) is 3.73. The van der Waals surface area contributed by atoms with E-state index in [1.165, 1.54) is 5.56 Å². The van der Waals surface area contributed by atoms with Crippen LogP contribution in [0.25, 0.3) is 0 Å². The predicted octanol–water partition coefficient (Wildman–Crippen LogP) is 4.19. The SMILES string of the molecule is CCC(C)(CNC(C)(C)C)Cc1cncc(Br)c1. The van der Waals surface area contributed by atoms with E-state index in [1.807, 2.05) is 12.4 Å². The van der Waals surface area contributed by atoms with Crippen LogP contribution >= 0.6 is 15.9 Å². The van der Waals surface area contributed by atoms with Gasteiger partial charge in [-0.1, -0.05) is 13.8 Å². The van der Waals surface area contributed by atoms with Crippen molar-refractivity contribution in [2.45, 2.75) is 53.0 Å². The fraction of sp³-hybridized carbons (Fsp3) is 0.667. The molecule has 0 saturated carbocycles. The molecule has 1 unspecified atom stereocenters. The van der Waals surface area contributed by atoms with Crippen LogP contribution in [0.4, 0.5) is 0 Å². The first-order valence-corrected chi connectivity index (χ1v) is 7.38. The van der Waals surface area contributed by atoms with Gasteiger partial charge >= 0.3 is 0 Å². The summed E-state index contributed by atoms with van der Waals surface area (Å²) < 4.78 is 1.06. The first-order valence-electron chi connectivity index (χ1n) is 6.58. The number of hydrogen-bond donors (Lipinski definition) is 1. The van der Waals surface area contributed by atoms with Gasteiger partial charge in [-0.2, -0.15) is 0 Å². The Morgan fingerprint density at radius 2 is 1.89 bits per heavy atom. The lowest BCUT2D eigenvalue weighted by atomic mass is 9.81. The maximum absolute atomic E-state index is 4.24. The van der Waals surface area contributed by atoms with Crippen LogP contribution in [0.1, 0.15) is 46.6 Å². The Labute approximate surface area is 120 Å². The van der Waals surface area contributed by atoms with Crippen LogP contribution in [0.5, 0.6) is 0 Å². The van der Waals surface area contributed by atoms with Crippen molar-refractivity contribution in [1.82, 2.24) is 10.3 Å². The zero-order chi connectivity index (χ0) is 13.8. The summed E-state index contributed by atoms with van der Waals surface area (Å²) in [6, 6.07) is 2.16. The highest BCUT2D eigenvalue weighted by atomic mass is 79.9. The van der Waals surface area contributed by atoms with Gasteiger partial charge in [0.25, 0.3) is 0 Å². The molecule has 0 radical (unpaired) electrons. The van der Waals surface area contributed by atoms with E-state index in [1.54, 1.807) is 0 Å². The summed E-state index contributed by atoms with van der Waals surface area (Å²) in [7, 11) is 0. The fourth-order valence-electron chi connectivity index (χ4n) is 1.84. The maximum atomic E-state index is 4.24. The molecule has 0 aliphatic heterocycles. The highest BCUT2D eigenvalue weighted by Crippen LogP contribution is 2.27. The summed E-state index contributed by atoms with van der Waals surface area (Å²) in [6.45, 7) is 12.3. The lowest BCUT2D eigenvalue weighted by molar-refractivity contribution is 0.254. The van der Waals surface area contributed by atoms with Crippen LogP contribution in [-0.4, -0.2) is 17.1 Å². The number of hydrogen-bond acceptors (Lipinski definition) is 2. The van der Waals surface area contributed by atoms with E-state index < -0.39 is 0 Å². The van der Waals surface area contributed by atoms with Gasteiger partial charge in [-0.15, -0.1) is 0 Å². The van der Waals surface area contributed by atoms with Gasteiger partial charge in [0.05, 0.1) is 0 Å². The quantitative estimate of drug-likeness (QED) is 0.881. The largest absolute Gasteiger partial charge is 0.312 e. The number of halogens is 1. The van der Waals surface area contributed by atoms with Crippen molar-refractivity contribution in [2.75, 3.05) is 6.54 Å². The second-order valence-electron chi connectivity index (χ2n) is 6.46. The predicted molar refractivity (Wildman–Crippen MR) is 81.8 cm³/mol. The van der Waals surface area contributed by atoms with Gasteiger partial charge in [0.1, 0.15) is 0 Å². The third kappa shape index (κ3) is 5.49. The van der Waals surface area contributed by atoms with E-state index in [2.05, 4.69) is 66.9 Å². The average molecular weight is 313 g/mol. The van der Waals surface area contributed by atoms with Crippen molar-refractivity contribution in [3.63, 3.8) is 0 Å². The van der Waals surface area contributed by atoms with Crippen molar-refractivity contribution in [3.05, 3.63) is 28.5 Å². The van der Waals surface area contributed by atoms with E-state index in [-0.39, 0.29) is 11.0 Å². The first-order chi connectivity index (χ1) is 8.24. The van der Waals surface area contributed by atoms with Gasteiger partial charge < -0.3 is 5.32 Å². The topological polar surface area (TPSA) is 24.9 Å². The van der Waals surface area contributed by atoms with Crippen molar-refractivity contribution < 1.29 is 0 Å². The molecule has 1 atom stereocenters. The van der Waals surface area contributed by atoms with Gasteiger partial charge in [0, 0.05) is 29.0 Å². The highest BCUT2D eigenvalue weighted by Gasteiger charge is 2.24. The zero-order valence-electron chi connectivity index (χ0n) is 12.2. The Balaban J connectivity index is 2.70. The number of aromatic nitrogens is 1. The minimum atomic E-state index is 0.173. The number of rotatable bonds is 5. The molecule has 0 aromatic carbocycles. The molecule has 0 fully saturated rings. The molecule has 1 heterocycles. The van der Waals surface area contributed by atoms with Crippen LogP contribution < -0.4 is 5.32 Å². The molecule has 0 aliphatic carbocycles. The molecule has 0 spiro atoms. The summed E-state index contributed by atoms with van der Waals surface area (Å²) >= 11 is 3.48. The first kappa shape index (κ1) is 15.6. The van der Waals surface area contributed by atoms with E-state index in [4.69, 9.17) is 0 Å². The van der Waals surface area contributed by atoms with Crippen molar-refractivity contribution in [2.24, 2.45) is 5.41 Å². The molecular weight excluding hydrogens is 288 g/mol. The lowest BCUT2D eigenvalue weighted by Gasteiger charge is -2.33. The number of nitrogens with one attached hydrogen (secondary N) is 1. The van der Waals surface area contributed by atoms with Crippen molar-refractivity contribution >= 4 is 15.9 Å².